The van der Waals surface area contributed by atoms with Gasteiger partial charge in [0.15, 0.2) is 5.96 Å². The maximum absolute atomic E-state index is 4.43. The highest BCUT2D eigenvalue weighted by molar-refractivity contribution is 14.0. The van der Waals surface area contributed by atoms with Crippen LogP contribution in [0.2, 0.25) is 0 Å². The van der Waals surface area contributed by atoms with Crippen LogP contribution in [0, 0.1) is 5.92 Å². The fourth-order valence-electron chi connectivity index (χ4n) is 4.19. The van der Waals surface area contributed by atoms with E-state index in [-0.39, 0.29) is 30.0 Å². The standard InChI is InChI=1S/C21H34N4.HI/c1-16(19-11-10-18-8-4-5-9-20(18)13-19)24-21(22-2)23-14-17-7-6-12-25(3)15-17;/h10-11,13,16-17H,4-9,12,14-15H2,1-3H3,(H2,22,23,24);1H. The zero-order valence-electron chi connectivity index (χ0n) is 16.6. The van der Waals surface area contributed by atoms with Gasteiger partial charge in [-0.15, -0.1) is 24.0 Å². The van der Waals surface area contributed by atoms with Gasteiger partial charge in [-0.2, -0.15) is 0 Å². The highest BCUT2D eigenvalue weighted by atomic mass is 127. The molecule has 3 rings (SSSR count). The molecule has 0 saturated carbocycles. The lowest BCUT2D eigenvalue weighted by molar-refractivity contribution is 0.210. The van der Waals surface area contributed by atoms with E-state index in [0.29, 0.717) is 0 Å². The molecule has 0 radical (unpaired) electrons. The van der Waals surface area contributed by atoms with E-state index in [9.17, 15) is 0 Å². The van der Waals surface area contributed by atoms with E-state index < -0.39 is 0 Å². The summed E-state index contributed by atoms with van der Waals surface area (Å²) in [6, 6.07) is 7.28. The number of fused-ring (bicyclic) bond motifs is 1. The van der Waals surface area contributed by atoms with Crippen LogP contribution in [0.1, 0.15) is 55.3 Å². The second kappa shape index (κ2) is 10.5. The summed E-state index contributed by atoms with van der Waals surface area (Å²) in [6.45, 7) is 5.65. The maximum Gasteiger partial charge on any atom is 0.191 e. The summed E-state index contributed by atoms with van der Waals surface area (Å²) in [4.78, 5) is 6.86. The molecule has 0 spiro atoms. The van der Waals surface area contributed by atoms with Crippen LogP contribution in [-0.4, -0.2) is 44.6 Å². The minimum absolute atomic E-state index is 0. The highest BCUT2D eigenvalue weighted by Crippen LogP contribution is 2.24. The average molecular weight is 470 g/mol. The lowest BCUT2D eigenvalue weighted by Crippen LogP contribution is -2.44. The van der Waals surface area contributed by atoms with E-state index in [1.807, 2.05) is 7.05 Å². The number of halogens is 1. The van der Waals surface area contributed by atoms with Crippen LogP contribution in [0.25, 0.3) is 0 Å². The van der Waals surface area contributed by atoms with Crippen molar-refractivity contribution in [1.29, 1.82) is 0 Å². The SMILES string of the molecule is CN=C(NCC1CCCN(C)C1)NC(C)c1ccc2c(c1)CCCC2.I. The topological polar surface area (TPSA) is 39.7 Å². The first kappa shape index (κ1) is 21.5. The van der Waals surface area contributed by atoms with Gasteiger partial charge in [-0.1, -0.05) is 18.2 Å². The predicted molar refractivity (Wildman–Crippen MR) is 122 cm³/mol. The number of hydrogen-bond donors (Lipinski definition) is 2. The van der Waals surface area contributed by atoms with Gasteiger partial charge in [0.1, 0.15) is 0 Å². The summed E-state index contributed by atoms with van der Waals surface area (Å²) in [6.07, 6.45) is 7.77. The number of aliphatic imine (C=N–C) groups is 1. The first-order chi connectivity index (χ1) is 12.2. The Kier molecular flexibility index (Phi) is 8.67. The van der Waals surface area contributed by atoms with Crippen molar-refractivity contribution in [1.82, 2.24) is 15.5 Å². The Morgan fingerprint density at radius 3 is 2.73 bits per heavy atom. The molecular formula is C21H35IN4. The van der Waals surface area contributed by atoms with Gasteiger partial charge >= 0.3 is 0 Å². The minimum Gasteiger partial charge on any atom is -0.356 e. The molecular weight excluding hydrogens is 435 g/mol. The van der Waals surface area contributed by atoms with Crippen molar-refractivity contribution < 1.29 is 0 Å². The Bertz CT molecular complexity index is 602. The van der Waals surface area contributed by atoms with Crippen molar-refractivity contribution in [3.8, 4) is 0 Å². The first-order valence-corrected chi connectivity index (χ1v) is 9.93. The van der Waals surface area contributed by atoms with E-state index >= 15 is 0 Å². The lowest BCUT2D eigenvalue weighted by atomic mass is 9.89. The molecule has 1 aliphatic heterocycles. The molecule has 5 heteroatoms. The fraction of sp³-hybridized carbons (Fsp3) is 0.667. The van der Waals surface area contributed by atoms with Crippen LogP contribution in [0.3, 0.4) is 0 Å². The molecule has 2 aliphatic rings. The molecule has 1 fully saturated rings. The molecule has 1 heterocycles. The zero-order chi connectivity index (χ0) is 17.6. The molecule has 146 valence electrons. The third-order valence-corrected chi connectivity index (χ3v) is 5.73. The Hall–Kier alpha value is -0.820. The molecule has 1 saturated heterocycles. The number of nitrogens with zero attached hydrogens (tertiary/aromatic N) is 2. The summed E-state index contributed by atoms with van der Waals surface area (Å²) in [5.41, 5.74) is 4.46. The van der Waals surface area contributed by atoms with Gasteiger partial charge in [-0.25, -0.2) is 0 Å². The molecule has 1 aliphatic carbocycles. The van der Waals surface area contributed by atoms with E-state index in [0.717, 1.165) is 18.4 Å². The molecule has 0 aromatic heterocycles. The molecule has 1 aromatic rings. The van der Waals surface area contributed by atoms with Crippen molar-refractivity contribution in [3.63, 3.8) is 0 Å². The zero-order valence-corrected chi connectivity index (χ0v) is 18.9. The summed E-state index contributed by atoms with van der Waals surface area (Å²) in [7, 11) is 4.08. The number of aryl methyl sites for hydroxylation is 2. The van der Waals surface area contributed by atoms with Gasteiger partial charge in [0, 0.05) is 20.1 Å². The Labute approximate surface area is 176 Å². The van der Waals surface area contributed by atoms with Crippen molar-refractivity contribution in [2.45, 2.75) is 51.5 Å². The van der Waals surface area contributed by atoms with Crippen LogP contribution < -0.4 is 10.6 Å². The van der Waals surface area contributed by atoms with Gasteiger partial charge in [0.05, 0.1) is 6.04 Å². The minimum atomic E-state index is 0. The third kappa shape index (κ3) is 5.84. The predicted octanol–water partition coefficient (Wildman–Crippen LogP) is 3.75. The maximum atomic E-state index is 4.43. The molecule has 0 bridgehead atoms. The van der Waals surface area contributed by atoms with Gasteiger partial charge < -0.3 is 15.5 Å². The summed E-state index contributed by atoms with van der Waals surface area (Å²) in [5.74, 6) is 1.63. The Morgan fingerprint density at radius 1 is 1.23 bits per heavy atom. The third-order valence-electron chi connectivity index (χ3n) is 5.73. The lowest BCUT2D eigenvalue weighted by Gasteiger charge is -2.30. The van der Waals surface area contributed by atoms with Crippen LogP contribution in [0.15, 0.2) is 23.2 Å². The number of likely N-dealkylation sites (tertiary alicyclic amines) is 1. The number of benzene rings is 1. The highest BCUT2D eigenvalue weighted by Gasteiger charge is 2.18. The molecule has 4 nitrogen and oxygen atoms in total. The summed E-state index contributed by atoms with van der Waals surface area (Å²) in [5, 5.41) is 7.10. The first-order valence-electron chi connectivity index (χ1n) is 9.93. The van der Waals surface area contributed by atoms with Crippen molar-refractivity contribution >= 4 is 29.9 Å². The van der Waals surface area contributed by atoms with E-state index in [4.69, 9.17) is 0 Å². The molecule has 0 amide bonds. The normalized spacial score (nSPS) is 22.1. The fourth-order valence-corrected chi connectivity index (χ4v) is 4.19. The quantitative estimate of drug-likeness (QED) is 0.400. The average Bonchev–Trinajstić information content (AvgIpc) is 2.64. The second-order valence-electron chi connectivity index (χ2n) is 7.82. The number of nitrogens with one attached hydrogen (secondary N) is 2. The number of rotatable bonds is 4. The van der Waals surface area contributed by atoms with E-state index in [2.05, 4.69) is 52.7 Å². The molecule has 2 N–H and O–H groups in total. The van der Waals surface area contributed by atoms with Crippen LogP contribution in [0.4, 0.5) is 0 Å². The molecule has 1 aromatic carbocycles. The monoisotopic (exact) mass is 470 g/mol. The van der Waals surface area contributed by atoms with Crippen molar-refractivity contribution in [2.75, 3.05) is 33.7 Å². The summed E-state index contributed by atoms with van der Waals surface area (Å²) < 4.78 is 0. The van der Waals surface area contributed by atoms with Gasteiger partial charge in [0.25, 0.3) is 0 Å². The van der Waals surface area contributed by atoms with E-state index in [1.165, 1.54) is 57.2 Å². The molecule has 26 heavy (non-hydrogen) atoms. The second-order valence-corrected chi connectivity index (χ2v) is 7.82. The molecule has 2 unspecified atom stereocenters. The summed E-state index contributed by atoms with van der Waals surface area (Å²) >= 11 is 0. The largest absolute Gasteiger partial charge is 0.356 e. The Morgan fingerprint density at radius 2 is 2.00 bits per heavy atom. The number of hydrogen-bond acceptors (Lipinski definition) is 2. The van der Waals surface area contributed by atoms with Crippen LogP contribution in [0.5, 0.6) is 0 Å². The Balaban J connectivity index is 0.00000243. The van der Waals surface area contributed by atoms with Gasteiger partial charge in [-0.05, 0) is 81.6 Å². The van der Waals surface area contributed by atoms with E-state index in [1.54, 1.807) is 11.1 Å². The van der Waals surface area contributed by atoms with Crippen LogP contribution in [-0.2, 0) is 12.8 Å². The smallest absolute Gasteiger partial charge is 0.191 e. The van der Waals surface area contributed by atoms with Crippen molar-refractivity contribution in [3.05, 3.63) is 34.9 Å². The van der Waals surface area contributed by atoms with Crippen LogP contribution >= 0.6 is 24.0 Å². The van der Waals surface area contributed by atoms with Gasteiger partial charge in [0.2, 0.25) is 0 Å². The molecule has 2 atom stereocenters. The number of guanidine groups is 1. The van der Waals surface area contributed by atoms with Crippen molar-refractivity contribution in [2.24, 2.45) is 10.9 Å². The number of piperidine rings is 1. The van der Waals surface area contributed by atoms with Gasteiger partial charge in [-0.3, -0.25) is 4.99 Å².